The molecule has 0 saturated carbocycles. The first-order chi connectivity index (χ1) is 6.63. The smallest absolute Gasteiger partial charge is 0.276 e. The molecule has 0 amide bonds. The van der Waals surface area contributed by atoms with Crippen LogP contribution in [0.15, 0.2) is 17.1 Å². The third-order valence-electron chi connectivity index (χ3n) is 2.45. The van der Waals surface area contributed by atoms with Gasteiger partial charge in [0.05, 0.1) is 5.69 Å². The molecule has 0 aliphatic carbocycles. The maximum atomic E-state index is 11.8. The van der Waals surface area contributed by atoms with E-state index in [2.05, 4.69) is 5.10 Å². The summed E-state index contributed by atoms with van der Waals surface area (Å²) >= 11 is 0. The predicted octanol–water partition coefficient (Wildman–Crippen LogP) is 0.904. The topological polar surface area (TPSA) is 39.3 Å². The van der Waals surface area contributed by atoms with Crippen LogP contribution in [0.5, 0.6) is 0 Å². The van der Waals surface area contributed by atoms with Gasteiger partial charge in [-0.15, -0.1) is 0 Å². The molecule has 0 aliphatic heterocycles. The Morgan fingerprint density at radius 1 is 1.50 bits per heavy atom. The average molecular weight is 191 g/mol. The summed E-state index contributed by atoms with van der Waals surface area (Å²) in [6, 6.07) is 1.81. The largest absolute Gasteiger partial charge is 0.312 e. The van der Waals surface area contributed by atoms with Gasteiger partial charge < -0.3 is 4.57 Å². The zero-order valence-corrected chi connectivity index (χ0v) is 8.61. The van der Waals surface area contributed by atoms with Crippen LogP contribution in [0.1, 0.15) is 18.3 Å². The fourth-order valence-electron chi connectivity index (χ4n) is 1.63. The van der Waals surface area contributed by atoms with Gasteiger partial charge in [-0.1, -0.05) is 6.92 Å². The Balaban J connectivity index is 2.91. The molecule has 0 atom stereocenters. The van der Waals surface area contributed by atoms with Crippen LogP contribution >= 0.6 is 0 Å². The lowest BCUT2D eigenvalue weighted by Crippen LogP contribution is -2.22. The summed E-state index contributed by atoms with van der Waals surface area (Å²) in [6.45, 7) is 3.91. The number of aromatic nitrogens is 3. The van der Waals surface area contributed by atoms with Crippen LogP contribution in [0.4, 0.5) is 0 Å². The summed E-state index contributed by atoms with van der Waals surface area (Å²) in [5.74, 6) is 0. The number of hydrogen-bond donors (Lipinski definition) is 0. The van der Waals surface area contributed by atoms with Gasteiger partial charge in [0.15, 0.2) is 0 Å². The Labute approximate surface area is 81.8 Å². The Morgan fingerprint density at radius 3 is 2.86 bits per heavy atom. The van der Waals surface area contributed by atoms with Crippen LogP contribution in [0.2, 0.25) is 0 Å². The first-order valence-corrected chi connectivity index (χ1v) is 4.68. The van der Waals surface area contributed by atoms with E-state index in [1.807, 2.05) is 26.1 Å². The summed E-state index contributed by atoms with van der Waals surface area (Å²) in [4.78, 5) is 11.8. The van der Waals surface area contributed by atoms with Crippen molar-refractivity contribution >= 4 is 5.52 Å². The molecule has 4 nitrogen and oxygen atoms in total. The quantitative estimate of drug-likeness (QED) is 0.672. The van der Waals surface area contributed by atoms with Gasteiger partial charge in [-0.2, -0.15) is 5.10 Å². The summed E-state index contributed by atoms with van der Waals surface area (Å²) in [5, 5.41) is 4.23. The van der Waals surface area contributed by atoms with Crippen molar-refractivity contribution in [3.63, 3.8) is 0 Å². The predicted molar refractivity (Wildman–Crippen MR) is 54.5 cm³/mol. The van der Waals surface area contributed by atoms with Gasteiger partial charge in [-0.3, -0.25) is 4.79 Å². The Morgan fingerprint density at radius 2 is 2.21 bits per heavy atom. The fraction of sp³-hybridized carbons (Fsp3) is 0.400. The molecule has 0 fully saturated rings. The van der Waals surface area contributed by atoms with Gasteiger partial charge in [0, 0.05) is 18.9 Å². The lowest BCUT2D eigenvalue weighted by Gasteiger charge is -2.05. The van der Waals surface area contributed by atoms with E-state index in [9.17, 15) is 4.79 Å². The van der Waals surface area contributed by atoms with Crippen molar-refractivity contribution in [3.05, 3.63) is 34.0 Å². The summed E-state index contributed by atoms with van der Waals surface area (Å²) < 4.78 is 3.34. The van der Waals surface area contributed by atoms with E-state index >= 15 is 0 Å². The van der Waals surface area contributed by atoms with Crippen LogP contribution < -0.4 is 5.56 Å². The molecule has 0 radical (unpaired) electrons. The van der Waals surface area contributed by atoms with Crippen molar-refractivity contribution in [2.45, 2.75) is 20.3 Å². The maximum Gasteiger partial charge on any atom is 0.276 e. The molecule has 4 heteroatoms. The zero-order valence-electron chi connectivity index (χ0n) is 8.61. The molecule has 0 unspecified atom stereocenters. The van der Waals surface area contributed by atoms with Crippen molar-refractivity contribution in [1.82, 2.24) is 14.2 Å². The van der Waals surface area contributed by atoms with Crippen LogP contribution in [-0.2, 0) is 13.5 Å². The lowest BCUT2D eigenvalue weighted by atomic mass is 10.3. The Hall–Kier alpha value is -1.58. The first-order valence-electron chi connectivity index (χ1n) is 4.68. The number of nitrogens with zero attached hydrogens (tertiary/aromatic N) is 3. The molecular formula is C10H13N3O. The highest BCUT2D eigenvalue weighted by atomic mass is 16.1. The first kappa shape index (κ1) is 8.99. The molecular weight excluding hydrogens is 178 g/mol. The molecule has 0 aliphatic rings. The standard InChI is InChI=1S/C10H13N3O/c1-4-8-6-13-9(5-7(2)11-13)10(14)12(8)3/h5-6H,4H2,1-3H3. The van der Waals surface area contributed by atoms with Gasteiger partial charge in [0.25, 0.3) is 5.56 Å². The number of rotatable bonds is 1. The highest BCUT2D eigenvalue weighted by Crippen LogP contribution is 2.03. The van der Waals surface area contributed by atoms with Crippen molar-refractivity contribution in [2.24, 2.45) is 7.05 Å². The monoisotopic (exact) mass is 191 g/mol. The average Bonchev–Trinajstić information content (AvgIpc) is 2.52. The van der Waals surface area contributed by atoms with Gasteiger partial charge in [0.1, 0.15) is 5.52 Å². The van der Waals surface area contributed by atoms with E-state index in [1.54, 1.807) is 16.1 Å². The molecule has 2 rings (SSSR count). The minimum absolute atomic E-state index is 0.0185. The van der Waals surface area contributed by atoms with E-state index in [0.717, 1.165) is 17.8 Å². The van der Waals surface area contributed by atoms with Crippen molar-refractivity contribution in [3.8, 4) is 0 Å². The highest BCUT2D eigenvalue weighted by Gasteiger charge is 2.06. The van der Waals surface area contributed by atoms with Gasteiger partial charge in [0.2, 0.25) is 0 Å². The molecule has 2 aromatic heterocycles. The number of aryl methyl sites for hydroxylation is 2. The normalized spacial score (nSPS) is 11.1. The summed E-state index contributed by atoms with van der Waals surface area (Å²) in [5.41, 5.74) is 2.52. The van der Waals surface area contributed by atoms with Gasteiger partial charge in [-0.25, -0.2) is 4.52 Å². The van der Waals surface area contributed by atoms with E-state index in [4.69, 9.17) is 0 Å². The van der Waals surface area contributed by atoms with Crippen molar-refractivity contribution in [1.29, 1.82) is 0 Å². The highest BCUT2D eigenvalue weighted by molar-refractivity contribution is 5.45. The SMILES string of the molecule is CCc1cn2nc(C)cc2c(=O)n1C. The van der Waals surface area contributed by atoms with E-state index < -0.39 is 0 Å². The van der Waals surface area contributed by atoms with Crippen LogP contribution in [0.3, 0.4) is 0 Å². The molecule has 14 heavy (non-hydrogen) atoms. The second-order valence-corrected chi connectivity index (χ2v) is 3.45. The molecule has 0 aromatic carbocycles. The summed E-state index contributed by atoms with van der Waals surface area (Å²) in [7, 11) is 1.80. The third-order valence-corrected chi connectivity index (χ3v) is 2.45. The Kier molecular flexibility index (Phi) is 1.91. The molecule has 0 spiro atoms. The Bertz CT molecular complexity index is 536. The minimum atomic E-state index is 0.0185. The van der Waals surface area contributed by atoms with Crippen LogP contribution in [-0.4, -0.2) is 14.2 Å². The number of hydrogen-bond acceptors (Lipinski definition) is 2. The van der Waals surface area contributed by atoms with Crippen LogP contribution in [0, 0.1) is 6.92 Å². The van der Waals surface area contributed by atoms with Crippen molar-refractivity contribution < 1.29 is 0 Å². The molecule has 2 aromatic rings. The lowest BCUT2D eigenvalue weighted by molar-refractivity contribution is 0.750. The molecule has 74 valence electrons. The van der Waals surface area contributed by atoms with E-state index in [0.29, 0.717) is 5.52 Å². The van der Waals surface area contributed by atoms with E-state index in [-0.39, 0.29) is 5.56 Å². The molecule has 2 heterocycles. The second-order valence-electron chi connectivity index (χ2n) is 3.45. The number of fused-ring (bicyclic) bond motifs is 1. The molecule has 0 saturated heterocycles. The molecule has 0 bridgehead atoms. The minimum Gasteiger partial charge on any atom is -0.312 e. The third kappa shape index (κ3) is 1.14. The molecule has 0 N–H and O–H groups in total. The fourth-order valence-corrected chi connectivity index (χ4v) is 1.63. The second kappa shape index (κ2) is 2.97. The summed E-state index contributed by atoms with van der Waals surface area (Å²) in [6.07, 6.45) is 2.74. The zero-order chi connectivity index (χ0) is 10.3. The van der Waals surface area contributed by atoms with E-state index in [1.165, 1.54) is 0 Å². The van der Waals surface area contributed by atoms with Gasteiger partial charge in [-0.05, 0) is 19.4 Å². The van der Waals surface area contributed by atoms with Crippen LogP contribution in [0.25, 0.3) is 5.52 Å². The maximum absolute atomic E-state index is 11.8. The van der Waals surface area contributed by atoms with Crippen molar-refractivity contribution in [2.75, 3.05) is 0 Å². The van der Waals surface area contributed by atoms with Gasteiger partial charge >= 0.3 is 0 Å².